The van der Waals surface area contributed by atoms with Crippen LogP contribution in [0.25, 0.3) is 20.3 Å². The number of rotatable bonds is 2. The van der Waals surface area contributed by atoms with Crippen LogP contribution in [0.15, 0.2) is 30.3 Å². The van der Waals surface area contributed by atoms with Crippen molar-refractivity contribution < 1.29 is 4.79 Å². The molecule has 0 spiro atoms. The molecule has 0 aliphatic heterocycles. The van der Waals surface area contributed by atoms with Crippen molar-refractivity contribution in [2.24, 2.45) is 0 Å². The number of nitrogens with zero attached hydrogens (tertiary/aromatic N) is 1. The minimum atomic E-state index is -0.253. The van der Waals surface area contributed by atoms with E-state index in [1.165, 1.54) is 22.7 Å². The lowest BCUT2D eigenvalue weighted by Crippen LogP contribution is -2.10. The Morgan fingerprint density at radius 1 is 1.08 bits per heavy atom. The highest BCUT2D eigenvalue weighted by Gasteiger charge is 2.19. The van der Waals surface area contributed by atoms with Gasteiger partial charge in [-0.2, -0.15) is 0 Å². The first kappa shape index (κ1) is 16.8. The molecule has 0 saturated heterocycles. The van der Waals surface area contributed by atoms with Gasteiger partial charge in [-0.05, 0) is 37.1 Å². The van der Waals surface area contributed by atoms with Crippen molar-refractivity contribution >= 4 is 77.2 Å². The van der Waals surface area contributed by atoms with Gasteiger partial charge in [0.15, 0.2) is 5.13 Å². The zero-order chi connectivity index (χ0) is 17.7. The first-order valence-corrected chi connectivity index (χ1v) is 9.88. The Hall–Kier alpha value is -1.66. The lowest BCUT2D eigenvalue weighted by Gasteiger charge is -1.99. The van der Waals surface area contributed by atoms with Gasteiger partial charge in [-0.3, -0.25) is 10.1 Å². The number of amides is 1. The Kier molecular flexibility index (Phi) is 4.20. The largest absolute Gasteiger partial charge is 0.297 e. The molecule has 126 valence electrons. The van der Waals surface area contributed by atoms with Crippen molar-refractivity contribution in [3.8, 4) is 0 Å². The van der Waals surface area contributed by atoms with E-state index in [0.717, 1.165) is 31.4 Å². The summed E-state index contributed by atoms with van der Waals surface area (Å²) in [5.41, 5.74) is 3.16. The van der Waals surface area contributed by atoms with Gasteiger partial charge in [0.2, 0.25) is 0 Å². The maximum atomic E-state index is 12.7. The molecule has 4 rings (SSSR count). The van der Waals surface area contributed by atoms with Gasteiger partial charge in [-0.15, -0.1) is 11.3 Å². The maximum absolute atomic E-state index is 12.7. The summed E-state index contributed by atoms with van der Waals surface area (Å²) in [6, 6.07) is 9.51. The van der Waals surface area contributed by atoms with Gasteiger partial charge in [0.1, 0.15) is 4.88 Å². The third-order valence-electron chi connectivity index (χ3n) is 3.96. The molecule has 2 heterocycles. The Morgan fingerprint density at radius 3 is 2.60 bits per heavy atom. The minimum Gasteiger partial charge on any atom is -0.297 e. The van der Waals surface area contributed by atoms with Crippen LogP contribution in [0.2, 0.25) is 10.0 Å². The number of carbonyl (C=O) groups is 1. The summed E-state index contributed by atoms with van der Waals surface area (Å²) in [6.07, 6.45) is 0. The second-order valence-electron chi connectivity index (χ2n) is 5.74. The summed E-state index contributed by atoms with van der Waals surface area (Å²) in [5.74, 6) is -0.253. The number of hydrogen-bond donors (Lipinski definition) is 1. The highest BCUT2D eigenvalue weighted by Crippen LogP contribution is 2.38. The molecule has 1 amide bonds. The summed E-state index contributed by atoms with van der Waals surface area (Å²) in [5, 5.41) is 5.35. The summed E-state index contributed by atoms with van der Waals surface area (Å²) in [7, 11) is 0. The number of aryl methyl sites for hydroxylation is 2. The monoisotopic (exact) mass is 406 g/mol. The molecule has 0 saturated carbocycles. The lowest BCUT2D eigenvalue weighted by molar-refractivity contribution is 0.103. The summed E-state index contributed by atoms with van der Waals surface area (Å²) < 4.78 is 1.98. The standard InChI is InChI=1S/C18H12Cl2N2OS2/c1-8-3-4-9(2)15-14(8)21-18(25-15)22-17(23)16-13(20)11-6-5-10(19)7-12(11)24-16/h3-7H,1-2H3,(H,21,22,23). The molecule has 2 aromatic carbocycles. The van der Waals surface area contributed by atoms with Gasteiger partial charge in [0.05, 0.1) is 15.2 Å². The predicted molar refractivity (Wildman–Crippen MR) is 109 cm³/mol. The molecule has 25 heavy (non-hydrogen) atoms. The normalized spacial score (nSPS) is 11.4. The Bertz CT molecular complexity index is 1110. The van der Waals surface area contributed by atoms with E-state index >= 15 is 0 Å². The molecule has 0 bridgehead atoms. The van der Waals surface area contributed by atoms with E-state index in [1.807, 2.05) is 32.0 Å². The van der Waals surface area contributed by atoms with Crippen LogP contribution >= 0.6 is 45.9 Å². The van der Waals surface area contributed by atoms with E-state index in [4.69, 9.17) is 23.2 Å². The van der Waals surface area contributed by atoms with Crippen LogP contribution in [0.1, 0.15) is 20.8 Å². The number of anilines is 1. The smallest absolute Gasteiger partial charge is 0.269 e. The van der Waals surface area contributed by atoms with Crippen LogP contribution in [-0.2, 0) is 0 Å². The van der Waals surface area contributed by atoms with Crippen molar-refractivity contribution in [1.82, 2.24) is 4.98 Å². The number of hydrogen-bond acceptors (Lipinski definition) is 4. The SMILES string of the molecule is Cc1ccc(C)c2sc(NC(=O)c3sc4cc(Cl)ccc4c3Cl)nc12. The van der Waals surface area contributed by atoms with Gasteiger partial charge in [0.25, 0.3) is 5.91 Å². The van der Waals surface area contributed by atoms with Crippen LogP contribution in [-0.4, -0.2) is 10.9 Å². The van der Waals surface area contributed by atoms with Gasteiger partial charge in [-0.25, -0.2) is 4.98 Å². The van der Waals surface area contributed by atoms with Gasteiger partial charge >= 0.3 is 0 Å². The average molecular weight is 407 g/mol. The number of aromatic nitrogens is 1. The fourth-order valence-electron chi connectivity index (χ4n) is 2.65. The quantitative estimate of drug-likeness (QED) is 0.402. The van der Waals surface area contributed by atoms with Gasteiger partial charge in [-0.1, -0.05) is 52.7 Å². The van der Waals surface area contributed by atoms with E-state index < -0.39 is 0 Å². The number of carbonyl (C=O) groups excluding carboxylic acids is 1. The third kappa shape index (κ3) is 2.91. The molecule has 0 radical (unpaired) electrons. The third-order valence-corrected chi connectivity index (χ3v) is 6.96. The first-order valence-electron chi connectivity index (χ1n) is 7.49. The number of thiazole rings is 1. The maximum Gasteiger partial charge on any atom is 0.269 e. The fourth-order valence-corrected chi connectivity index (χ4v) is 5.35. The fraction of sp³-hybridized carbons (Fsp3) is 0.111. The Morgan fingerprint density at radius 2 is 1.84 bits per heavy atom. The molecule has 0 aliphatic rings. The second kappa shape index (κ2) is 6.25. The minimum absolute atomic E-state index is 0.253. The highest BCUT2D eigenvalue weighted by molar-refractivity contribution is 7.23. The van der Waals surface area contributed by atoms with Crippen LogP contribution in [0, 0.1) is 13.8 Å². The molecular weight excluding hydrogens is 395 g/mol. The summed E-state index contributed by atoms with van der Waals surface area (Å²) in [4.78, 5) is 17.7. The highest BCUT2D eigenvalue weighted by atomic mass is 35.5. The molecule has 1 N–H and O–H groups in total. The van der Waals surface area contributed by atoms with Crippen LogP contribution < -0.4 is 5.32 Å². The van der Waals surface area contributed by atoms with Gasteiger partial charge < -0.3 is 0 Å². The molecule has 4 aromatic rings. The zero-order valence-electron chi connectivity index (χ0n) is 13.3. The molecular formula is C18H12Cl2N2OS2. The van der Waals surface area contributed by atoms with E-state index in [9.17, 15) is 4.79 Å². The Balaban J connectivity index is 1.72. The zero-order valence-corrected chi connectivity index (χ0v) is 16.5. The Labute approximate surface area is 162 Å². The van der Waals surface area contributed by atoms with Gasteiger partial charge in [0, 0.05) is 15.1 Å². The molecule has 7 heteroatoms. The van der Waals surface area contributed by atoms with E-state index in [-0.39, 0.29) is 5.91 Å². The first-order chi connectivity index (χ1) is 11.9. The number of nitrogens with one attached hydrogen (secondary N) is 1. The number of thiophene rings is 1. The number of fused-ring (bicyclic) bond motifs is 2. The molecule has 0 fully saturated rings. The van der Waals surface area contributed by atoms with Crippen molar-refractivity contribution in [2.45, 2.75) is 13.8 Å². The molecule has 0 atom stereocenters. The lowest BCUT2D eigenvalue weighted by atomic mass is 10.1. The van der Waals surface area contributed by atoms with Crippen LogP contribution in [0.3, 0.4) is 0 Å². The van der Waals surface area contributed by atoms with E-state index in [2.05, 4.69) is 16.4 Å². The van der Waals surface area contributed by atoms with Crippen LogP contribution in [0.5, 0.6) is 0 Å². The number of benzene rings is 2. The molecule has 2 aromatic heterocycles. The van der Waals surface area contributed by atoms with Crippen LogP contribution in [0.4, 0.5) is 5.13 Å². The average Bonchev–Trinajstić information content (AvgIpc) is 3.13. The molecule has 0 aliphatic carbocycles. The topological polar surface area (TPSA) is 42.0 Å². The van der Waals surface area contributed by atoms with Crippen molar-refractivity contribution in [1.29, 1.82) is 0 Å². The summed E-state index contributed by atoms with van der Waals surface area (Å²) in [6.45, 7) is 4.05. The van der Waals surface area contributed by atoms with E-state index in [1.54, 1.807) is 6.07 Å². The second-order valence-corrected chi connectivity index (χ2v) is 8.60. The summed E-state index contributed by atoms with van der Waals surface area (Å²) >= 11 is 15.2. The number of halogens is 2. The van der Waals surface area contributed by atoms with Crippen molar-refractivity contribution in [3.63, 3.8) is 0 Å². The predicted octanol–water partition coefficient (Wildman–Crippen LogP) is 6.69. The molecule has 0 unspecified atom stereocenters. The van der Waals surface area contributed by atoms with Crippen molar-refractivity contribution in [3.05, 3.63) is 56.4 Å². The molecule has 3 nitrogen and oxygen atoms in total. The van der Waals surface area contributed by atoms with E-state index in [0.29, 0.717) is 20.1 Å². The van der Waals surface area contributed by atoms with Crippen molar-refractivity contribution in [2.75, 3.05) is 5.32 Å².